The maximum absolute atomic E-state index is 11.7. The number of anilines is 1. The van der Waals surface area contributed by atoms with Crippen molar-refractivity contribution in [2.75, 3.05) is 12.0 Å². The predicted molar refractivity (Wildman–Crippen MR) is 81.1 cm³/mol. The standard InChI is InChI=1S/C16H18N2O3/c1-10-6-7-14(11(2)15(10)12(3)19)17-18-8-4-5-13(9-18)16(20)21/h4-8,17H,9H2,1-3H3,(H,20,21). The summed E-state index contributed by atoms with van der Waals surface area (Å²) in [7, 11) is 0. The normalized spacial score (nSPS) is 13.9. The summed E-state index contributed by atoms with van der Waals surface area (Å²) in [5, 5.41) is 10.7. The Kier molecular flexibility index (Phi) is 4.12. The van der Waals surface area contributed by atoms with Gasteiger partial charge in [-0.3, -0.25) is 15.2 Å². The molecule has 0 bridgehead atoms. The van der Waals surface area contributed by atoms with Crippen LogP contribution in [0, 0.1) is 13.8 Å². The van der Waals surface area contributed by atoms with Crippen molar-refractivity contribution in [2.24, 2.45) is 0 Å². The van der Waals surface area contributed by atoms with Gasteiger partial charge in [-0.15, -0.1) is 0 Å². The Morgan fingerprint density at radius 1 is 1.29 bits per heavy atom. The van der Waals surface area contributed by atoms with Gasteiger partial charge in [0.05, 0.1) is 17.8 Å². The number of hydrogen-bond acceptors (Lipinski definition) is 4. The second-order valence-electron chi connectivity index (χ2n) is 5.06. The van der Waals surface area contributed by atoms with E-state index < -0.39 is 5.97 Å². The molecule has 0 saturated heterocycles. The number of carboxylic acid groups (broad SMARTS) is 1. The zero-order valence-corrected chi connectivity index (χ0v) is 12.3. The molecule has 0 radical (unpaired) electrons. The third-order valence-corrected chi connectivity index (χ3v) is 3.47. The fourth-order valence-electron chi connectivity index (χ4n) is 2.43. The third kappa shape index (κ3) is 3.13. The van der Waals surface area contributed by atoms with Crippen LogP contribution in [0.4, 0.5) is 5.69 Å². The zero-order chi connectivity index (χ0) is 15.6. The van der Waals surface area contributed by atoms with Gasteiger partial charge in [0, 0.05) is 11.8 Å². The molecule has 110 valence electrons. The molecule has 21 heavy (non-hydrogen) atoms. The highest BCUT2D eigenvalue weighted by Crippen LogP contribution is 2.24. The highest BCUT2D eigenvalue weighted by Gasteiger charge is 2.16. The van der Waals surface area contributed by atoms with Gasteiger partial charge in [-0.2, -0.15) is 0 Å². The molecule has 1 heterocycles. The van der Waals surface area contributed by atoms with Gasteiger partial charge < -0.3 is 5.11 Å². The summed E-state index contributed by atoms with van der Waals surface area (Å²) in [5.41, 5.74) is 6.75. The minimum Gasteiger partial charge on any atom is -0.478 e. The van der Waals surface area contributed by atoms with Crippen molar-refractivity contribution in [1.82, 2.24) is 5.01 Å². The number of ketones is 1. The molecule has 1 aromatic carbocycles. The number of aliphatic carboxylic acids is 1. The Labute approximate surface area is 123 Å². The van der Waals surface area contributed by atoms with Crippen LogP contribution in [0.2, 0.25) is 0 Å². The van der Waals surface area contributed by atoms with Gasteiger partial charge >= 0.3 is 5.97 Å². The number of allylic oxidation sites excluding steroid dienone is 2. The van der Waals surface area contributed by atoms with Gasteiger partial charge in [-0.25, -0.2) is 4.79 Å². The van der Waals surface area contributed by atoms with Crippen molar-refractivity contribution in [3.05, 3.63) is 52.7 Å². The Balaban J connectivity index is 2.24. The number of rotatable bonds is 4. The van der Waals surface area contributed by atoms with Crippen LogP contribution < -0.4 is 5.43 Å². The minimum absolute atomic E-state index is 0.0222. The molecule has 1 aliphatic rings. The van der Waals surface area contributed by atoms with E-state index in [4.69, 9.17) is 5.11 Å². The Hall–Kier alpha value is -2.56. The highest BCUT2D eigenvalue weighted by molar-refractivity contribution is 5.98. The van der Waals surface area contributed by atoms with Crippen LogP contribution in [-0.2, 0) is 4.79 Å². The number of nitrogens with zero attached hydrogens (tertiary/aromatic N) is 1. The van der Waals surface area contributed by atoms with E-state index in [0.29, 0.717) is 11.1 Å². The van der Waals surface area contributed by atoms with Crippen molar-refractivity contribution in [1.29, 1.82) is 0 Å². The van der Waals surface area contributed by atoms with E-state index in [2.05, 4.69) is 5.43 Å². The molecule has 1 aliphatic heterocycles. The van der Waals surface area contributed by atoms with Crippen molar-refractivity contribution >= 4 is 17.4 Å². The fourth-order valence-corrected chi connectivity index (χ4v) is 2.43. The van der Waals surface area contributed by atoms with Crippen LogP contribution in [0.25, 0.3) is 0 Å². The van der Waals surface area contributed by atoms with E-state index in [1.165, 1.54) is 0 Å². The molecule has 2 rings (SSSR count). The molecule has 0 atom stereocenters. The quantitative estimate of drug-likeness (QED) is 0.833. The fraction of sp³-hybridized carbons (Fsp3) is 0.250. The third-order valence-electron chi connectivity index (χ3n) is 3.47. The number of carboxylic acids is 1. The summed E-state index contributed by atoms with van der Waals surface area (Å²) in [6.45, 7) is 5.59. The van der Waals surface area contributed by atoms with Crippen molar-refractivity contribution in [2.45, 2.75) is 20.8 Å². The first-order valence-electron chi connectivity index (χ1n) is 6.65. The van der Waals surface area contributed by atoms with E-state index in [-0.39, 0.29) is 12.3 Å². The molecule has 2 N–H and O–H groups in total. The van der Waals surface area contributed by atoms with Crippen molar-refractivity contribution in [3.8, 4) is 0 Å². The zero-order valence-electron chi connectivity index (χ0n) is 12.3. The second kappa shape index (κ2) is 5.83. The first-order chi connectivity index (χ1) is 9.90. The van der Waals surface area contributed by atoms with Crippen LogP contribution in [0.3, 0.4) is 0 Å². The average molecular weight is 286 g/mol. The number of Topliss-reactive ketones (excluding diaryl/α,β-unsaturated/α-hetero) is 1. The van der Waals surface area contributed by atoms with Crippen LogP contribution in [-0.4, -0.2) is 28.4 Å². The van der Waals surface area contributed by atoms with Crippen LogP contribution in [0.1, 0.15) is 28.4 Å². The lowest BCUT2D eigenvalue weighted by Gasteiger charge is -2.26. The van der Waals surface area contributed by atoms with Gasteiger partial charge in [-0.1, -0.05) is 6.07 Å². The van der Waals surface area contributed by atoms with E-state index in [1.54, 1.807) is 30.3 Å². The molecule has 1 aromatic rings. The first-order valence-corrected chi connectivity index (χ1v) is 6.65. The molecule has 5 heteroatoms. The highest BCUT2D eigenvalue weighted by atomic mass is 16.4. The molecule has 0 spiro atoms. The maximum atomic E-state index is 11.7. The monoisotopic (exact) mass is 286 g/mol. The molecular weight excluding hydrogens is 268 g/mol. The van der Waals surface area contributed by atoms with Crippen LogP contribution in [0.5, 0.6) is 0 Å². The number of hydrogen-bond donors (Lipinski definition) is 2. The van der Waals surface area contributed by atoms with E-state index in [1.807, 2.05) is 26.0 Å². The lowest BCUT2D eigenvalue weighted by molar-refractivity contribution is -0.132. The number of aryl methyl sites for hydroxylation is 1. The predicted octanol–water partition coefficient (Wildman–Crippen LogP) is 2.67. The lowest BCUT2D eigenvalue weighted by atomic mass is 9.98. The maximum Gasteiger partial charge on any atom is 0.333 e. The molecule has 0 aliphatic carbocycles. The average Bonchev–Trinajstić information content (AvgIpc) is 2.42. The van der Waals surface area contributed by atoms with E-state index in [9.17, 15) is 9.59 Å². The van der Waals surface area contributed by atoms with Gasteiger partial charge in [0.1, 0.15) is 0 Å². The number of nitrogens with one attached hydrogen (secondary N) is 1. The van der Waals surface area contributed by atoms with Gasteiger partial charge in [0.15, 0.2) is 5.78 Å². The topological polar surface area (TPSA) is 69.6 Å². The SMILES string of the molecule is CC(=O)c1c(C)ccc(NN2C=CC=C(C(=O)O)C2)c1C. The molecular formula is C16H18N2O3. The summed E-state index contributed by atoms with van der Waals surface area (Å²) >= 11 is 0. The van der Waals surface area contributed by atoms with Gasteiger partial charge in [-0.05, 0) is 50.1 Å². The molecule has 0 amide bonds. The Bertz CT molecular complexity index is 660. The number of carbonyl (C=O) groups is 2. The summed E-state index contributed by atoms with van der Waals surface area (Å²) < 4.78 is 0. The van der Waals surface area contributed by atoms with Crippen molar-refractivity contribution in [3.63, 3.8) is 0 Å². The second-order valence-corrected chi connectivity index (χ2v) is 5.06. The van der Waals surface area contributed by atoms with Gasteiger partial charge in [0.25, 0.3) is 0 Å². The summed E-state index contributed by atoms with van der Waals surface area (Å²) in [4.78, 5) is 22.7. The Morgan fingerprint density at radius 2 is 2.00 bits per heavy atom. The summed E-state index contributed by atoms with van der Waals surface area (Å²) in [6.07, 6.45) is 5.01. The molecule has 0 unspecified atom stereocenters. The molecule has 5 nitrogen and oxygen atoms in total. The number of benzene rings is 1. The van der Waals surface area contributed by atoms with Crippen LogP contribution in [0.15, 0.2) is 36.1 Å². The molecule has 0 saturated carbocycles. The van der Waals surface area contributed by atoms with Crippen LogP contribution >= 0.6 is 0 Å². The van der Waals surface area contributed by atoms with Gasteiger partial charge in [0.2, 0.25) is 0 Å². The van der Waals surface area contributed by atoms with Crippen molar-refractivity contribution < 1.29 is 14.7 Å². The first kappa shape index (κ1) is 14.8. The minimum atomic E-state index is -0.934. The number of hydrazine groups is 1. The summed E-state index contributed by atoms with van der Waals surface area (Å²) in [5.74, 6) is -0.912. The number of carbonyl (C=O) groups excluding carboxylic acids is 1. The smallest absolute Gasteiger partial charge is 0.333 e. The summed E-state index contributed by atoms with van der Waals surface area (Å²) in [6, 6.07) is 3.78. The van der Waals surface area contributed by atoms with E-state index in [0.717, 1.165) is 16.8 Å². The largest absolute Gasteiger partial charge is 0.478 e. The molecule has 0 aromatic heterocycles. The Morgan fingerprint density at radius 3 is 2.62 bits per heavy atom. The molecule has 0 fully saturated rings. The lowest BCUT2D eigenvalue weighted by Crippen LogP contribution is -2.30. The van der Waals surface area contributed by atoms with E-state index >= 15 is 0 Å².